The number of hydrogen-bond acceptors (Lipinski definition) is 2. The van der Waals surface area contributed by atoms with Gasteiger partial charge in [-0.25, -0.2) is 0 Å². The molecule has 0 heterocycles. The van der Waals surface area contributed by atoms with Crippen molar-refractivity contribution in [2.45, 2.75) is 64.8 Å². The van der Waals surface area contributed by atoms with Crippen molar-refractivity contribution in [1.82, 2.24) is 5.32 Å². The number of ether oxygens (including phenoxy) is 1. The molecule has 1 rings (SSSR count). The van der Waals surface area contributed by atoms with E-state index in [9.17, 15) is 0 Å². The lowest BCUT2D eigenvalue weighted by Gasteiger charge is -2.36. The highest BCUT2D eigenvalue weighted by molar-refractivity contribution is 4.83. The maximum Gasteiger partial charge on any atom is 0.0469 e. The van der Waals surface area contributed by atoms with E-state index in [2.05, 4.69) is 26.2 Å². The zero-order valence-electron chi connectivity index (χ0n) is 12.0. The van der Waals surface area contributed by atoms with Gasteiger partial charge in [0.1, 0.15) is 0 Å². The average Bonchev–Trinajstić information content (AvgIpc) is 2.35. The van der Waals surface area contributed by atoms with Gasteiger partial charge >= 0.3 is 0 Å². The molecule has 3 unspecified atom stereocenters. The fraction of sp³-hybridized carbons (Fsp3) is 1.00. The summed E-state index contributed by atoms with van der Waals surface area (Å²) in [6.07, 6.45) is 9.33. The van der Waals surface area contributed by atoms with Gasteiger partial charge in [-0.3, -0.25) is 0 Å². The lowest BCUT2D eigenvalue weighted by atomic mass is 9.75. The van der Waals surface area contributed by atoms with Gasteiger partial charge in [0.05, 0.1) is 0 Å². The summed E-state index contributed by atoms with van der Waals surface area (Å²) in [4.78, 5) is 0. The van der Waals surface area contributed by atoms with Crippen LogP contribution in [0, 0.1) is 11.8 Å². The predicted molar refractivity (Wildman–Crippen MR) is 74.3 cm³/mol. The Bertz CT molecular complexity index is 184. The summed E-state index contributed by atoms with van der Waals surface area (Å²) in [5.41, 5.74) is 0. The van der Waals surface area contributed by atoms with Gasteiger partial charge in [0.15, 0.2) is 0 Å². The minimum Gasteiger partial charge on any atom is -0.381 e. The third-order valence-corrected chi connectivity index (χ3v) is 4.14. The topological polar surface area (TPSA) is 21.3 Å². The molecule has 0 aromatic rings. The molecule has 0 aromatic carbocycles. The first-order valence-electron chi connectivity index (χ1n) is 7.56. The molecule has 0 aliphatic heterocycles. The average molecular weight is 241 g/mol. The van der Waals surface area contributed by atoms with Crippen LogP contribution in [-0.4, -0.2) is 26.3 Å². The molecule has 2 heteroatoms. The van der Waals surface area contributed by atoms with Crippen LogP contribution in [0.1, 0.15) is 58.8 Å². The summed E-state index contributed by atoms with van der Waals surface area (Å²) in [5, 5.41) is 3.50. The molecule has 0 bridgehead atoms. The molecule has 1 fully saturated rings. The van der Waals surface area contributed by atoms with Crippen molar-refractivity contribution >= 4 is 0 Å². The van der Waals surface area contributed by atoms with Crippen molar-refractivity contribution in [3.63, 3.8) is 0 Å². The highest BCUT2D eigenvalue weighted by Gasteiger charge is 2.28. The molecule has 1 N–H and O–H groups in total. The van der Waals surface area contributed by atoms with Crippen LogP contribution in [-0.2, 0) is 4.74 Å². The SMILES string of the molecule is CCCOCCC1CC(CCC)CCC1NC. The Morgan fingerprint density at radius 3 is 2.53 bits per heavy atom. The Morgan fingerprint density at radius 2 is 1.88 bits per heavy atom. The van der Waals surface area contributed by atoms with Crippen LogP contribution in [0.25, 0.3) is 0 Å². The van der Waals surface area contributed by atoms with E-state index in [1.54, 1.807) is 0 Å². The number of rotatable bonds is 8. The molecule has 0 spiro atoms. The lowest BCUT2D eigenvalue weighted by molar-refractivity contribution is 0.0966. The summed E-state index contributed by atoms with van der Waals surface area (Å²) in [5.74, 6) is 1.81. The van der Waals surface area contributed by atoms with E-state index in [1.165, 1.54) is 38.5 Å². The van der Waals surface area contributed by atoms with E-state index in [1.807, 2.05) is 0 Å². The van der Waals surface area contributed by atoms with E-state index in [4.69, 9.17) is 4.74 Å². The van der Waals surface area contributed by atoms with Crippen molar-refractivity contribution in [1.29, 1.82) is 0 Å². The summed E-state index contributed by atoms with van der Waals surface area (Å²) in [7, 11) is 2.12. The standard InChI is InChI=1S/C15H31NO/c1-4-6-13-7-8-15(16-3)14(12-13)9-11-17-10-5-2/h13-16H,4-12H2,1-3H3. The molecule has 17 heavy (non-hydrogen) atoms. The largest absolute Gasteiger partial charge is 0.381 e. The maximum atomic E-state index is 5.65. The quantitative estimate of drug-likeness (QED) is 0.656. The first-order valence-corrected chi connectivity index (χ1v) is 7.56. The van der Waals surface area contributed by atoms with Gasteiger partial charge in [0.25, 0.3) is 0 Å². The Balaban J connectivity index is 2.29. The highest BCUT2D eigenvalue weighted by atomic mass is 16.5. The number of nitrogens with one attached hydrogen (secondary N) is 1. The Morgan fingerprint density at radius 1 is 1.06 bits per heavy atom. The summed E-state index contributed by atoms with van der Waals surface area (Å²) in [6, 6.07) is 0.730. The molecule has 1 aliphatic rings. The van der Waals surface area contributed by atoms with E-state index in [0.717, 1.165) is 37.5 Å². The summed E-state index contributed by atoms with van der Waals surface area (Å²) in [6.45, 7) is 6.36. The molecular formula is C15H31NO. The second-order valence-corrected chi connectivity index (χ2v) is 5.52. The Labute approximate surface area is 108 Å². The molecule has 2 nitrogen and oxygen atoms in total. The molecule has 1 aliphatic carbocycles. The summed E-state index contributed by atoms with van der Waals surface area (Å²) >= 11 is 0. The van der Waals surface area contributed by atoms with Crippen molar-refractivity contribution < 1.29 is 4.74 Å². The minimum atomic E-state index is 0.730. The van der Waals surface area contributed by atoms with Crippen LogP contribution < -0.4 is 5.32 Å². The number of hydrogen-bond donors (Lipinski definition) is 1. The van der Waals surface area contributed by atoms with Gasteiger partial charge in [-0.1, -0.05) is 26.7 Å². The normalized spacial score (nSPS) is 29.5. The van der Waals surface area contributed by atoms with Gasteiger partial charge in [0.2, 0.25) is 0 Å². The molecule has 0 amide bonds. The van der Waals surface area contributed by atoms with Gasteiger partial charge in [-0.15, -0.1) is 0 Å². The first kappa shape index (κ1) is 15.0. The zero-order chi connectivity index (χ0) is 12.5. The molecule has 1 saturated carbocycles. The lowest BCUT2D eigenvalue weighted by Crippen LogP contribution is -2.39. The van der Waals surface area contributed by atoms with E-state index < -0.39 is 0 Å². The minimum absolute atomic E-state index is 0.730. The van der Waals surface area contributed by atoms with Crippen LogP contribution >= 0.6 is 0 Å². The van der Waals surface area contributed by atoms with Crippen molar-refractivity contribution in [3.05, 3.63) is 0 Å². The van der Waals surface area contributed by atoms with Gasteiger partial charge in [0, 0.05) is 19.3 Å². The van der Waals surface area contributed by atoms with Crippen molar-refractivity contribution in [2.75, 3.05) is 20.3 Å². The molecular weight excluding hydrogens is 210 g/mol. The smallest absolute Gasteiger partial charge is 0.0469 e. The molecule has 3 atom stereocenters. The van der Waals surface area contributed by atoms with Gasteiger partial charge < -0.3 is 10.1 Å². The monoisotopic (exact) mass is 241 g/mol. The predicted octanol–water partition coefficient (Wildman–Crippen LogP) is 3.61. The third-order valence-electron chi connectivity index (χ3n) is 4.14. The maximum absolute atomic E-state index is 5.65. The molecule has 0 radical (unpaired) electrons. The van der Waals surface area contributed by atoms with E-state index >= 15 is 0 Å². The molecule has 0 saturated heterocycles. The van der Waals surface area contributed by atoms with Crippen LogP contribution in [0.3, 0.4) is 0 Å². The van der Waals surface area contributed by atoms with Crippen LogP contribution in [0.2, 0.25) is 0 Å². The van der Waals surface area contributed by atoms with Gasteiger partial charge in [-0.05, 0) is 51.0 Å². The Hall–Kier alpha value is -0.0800. The molecule has 102 valence electrons. The molecule has 0 aromatic heterocycles. The fourth-order valence-corrected chi connectivity index (χ4v) is 3.21. The highest BCUT2D eigenvalue weighted by Crippen LogP contribution is 2.33. The van der Waals surface area contributed by atoms with Gasteiger partial charge in [-0.2, -0.15) is 0 Å². The second kappa shape index (κ2) is 8.93. The van der Waals surface area contributed by atoms with Crippen molar-refractivity contribution in [2.24, 2.45) is 11.8 Å². The van der Waals surface area contributed by atoms with Crippen molar-refractivity contribution in [3.8, 4) is 0 Å². The first-order chi connectivity index (χ1) is 8.31. The van der Waals surface area contributed by atoms with Crippen LogP contribution in [0.4, 0.5) is 0 Å². The Kier molecular flexibility index (Phi) is 7.87. The van der Waals surface area contributed by atoms with Crippen LogP contribution in [0.15, 0.2) is 0 Å². The van der Waals surface area contributed by atoms with E-state index in [0.29, 0.717) is 0 Å². The fourth-order valence-electron chi connectivity index (χ4n) is 3.21. The zero-order valence-corrected chi connectivity index (χ0v) is 12.0. The third kappa shape index (κ3) is 5.39. The second-order valence-electron chi connectivity index (χ2n) is 5.52. The van der Waals surface area contributed by atoms with E-state index in [-0.39, 0.29) is 0 Å². The summed E-state index contributed by atoms with van der Waals surface area (Å²) < 4.78 is 5.65. The van der Waals surface area contributed by atoms with Crippen LogP contribution in [0.5, 0.6) is 0 Å².